The number of phenolic OH excluding ortho intramolecular Hbond substituents is 1. The molecule has 1 aliphatic carbocycles. The van der Waals surface area contributed by atoms with Gasteiger partial charge in [-0.15, -0.1) is 11.3 Å². The van der Waals surface area contributed by atoms with Gasteiger partial charge in [0, 0.05) is 10.6 Å². The van der Waals surface area contributed by atoms with E-state index in [9.17, 15) is 5.11 Å². The van der Waals surface area contributed by atoms with E-state index in [1.54, 1.807) is 6.07 Å². The topological polar surface area (TPSA) is 32.3 Å². The number of halogens is 1. The second-order valence-electron chi connectivity index (χ2n) is 5.02. The first kappa shape index (κ1) is 13.0. The Morgan fingerprint density at radius 3 is 3.00 bits per heavy atom. The third kappa shape index (κ3) is 2.65. The molecule has 100 valence electrons. The second kappa shape index (κ2) is 5.17. The smallest absolute Gasteiger partial charge is 0.118 e. The first-order chi connectivity index (χ1) is 9.13. The van der Waals surface area contributed by atoms with Crippen LogP contribution in [0.3, 0.4) is 0 Å². The van der Waals surface area contributed by atoms with Crippen LogP contribution >= 0.6 is 27.3 Å². The molecule has 1 heterocycles. The molecule has 2 nitrogen and oxygen atoms in total. The van der Waals surface area contributed by atoms with Gasteiger partial charge < -0.3 is 10.4 Å². The van der Waals surface area contributed by atoms with Crippen molar-refractivity contribution in [2.24, 2.45) is 0 Å². The zero-order chi connectivity index (χ0) is 13.4. The number of benzene rings is 1. The van der Waals surface area contributed by atoms with Crippen molar-refractivity contribution in [1.29, 1.82) is 0 Å². The highest BCUT2D eigenvalue weighted by atomic mass is 79.9. The van der Waals surface area contributed by atoms with Crippen molar-refractivity contribution in [3.63, 3.8) is 0 Å². The van der Waals surface area contributed by atoms with Crippen LogP contribution in [0.5, 0.6) is 5.75 Å². The SMILES string of the molecule is Cc1cc(NC2CCCc3sc(Br)cc32)ccc1O. The molecule has 0 fully saturated rings. The summed E-state index contributed by atoms with van der Waals surface area (Å²) < 4.78 is 1.22. The fraction of sp³-hybridized carbons (Fsp3) is 0.333. The lowest BCUT2D eigenvalue weighted by molar-refractivity contribution is 0.471. The van der Waals surface area contributed by atoms with Gasteiger partial charge in [0.05, 0.1) is 9.83 Å². The Balaban J connectivity index is 1.86. The molecule has 2 N–H and O–H groups in total. The van der Waals surface area contributed by atoms with Crippen molar-refractivity contribution >= 4 is 33.0 Å². The van der Waals surface area contributed by atoms with Crippen molar-refractivity contribution < 1.29 is 5.11 Å². The Hall–Kier alpha value is -1.00. The largest absolute Gasteiger partial charge is 0.508 e. The maximum Gasteiger partial charge on any atom is 0.118 e. The van der Waals surface area contributed by atoms with E-state index in [0.29, 0.717) is 11.8 Å². The van der Waals surface area contributed by atoms with E-state index in [1.807, 2.05) is 30.4 Å². The molecule has 0 aliphatic heterocycles. The molecule has 0 saturated heterocycles. The van der Waals surface area contributed by atoms with E-state index in [2.05, 4.69) is 27.3 Å². The number of anilines is 1. The number of nitrogens with one attached hydrogen (secondary N) is 1. The first-order valence-electron chi connectivity index (χ1n) is 6.48. The number of phenols is 1. The molecular weight excluding hydrogens is 322 g/mol. The van der Waals surface area contributed by atoms with E-state index < -0.39 is 0 Å². The van der Waals surface area contributed by atoms with Gasteiger partial charge in [-0.3, -0.25) is 0 Å². The fourth-order valence-corrected chi connectivity index (χ4v) is 4.44. The van der Waals surface area contributed by atoms with E-state index in [0.717, 1.165) is 17.7 Å². The van der Waals surface area contributed by atoms with Gasteiger partial charge in [0.15, 0.2) is 0 Å². The predicted octanol–water partition coefficient (Wildman–Crippen LogP) is 5.01. The Bertz CT molecular complexity index is 608. The lowest BCUT2D eigenvalue weighted by atomic mass is 9.94. The van der Waals surface area contributed by atoms with Gasteiger partial charge >= 0.3 is 0 Å². The van der Waals surface area contributed by atoms with Gasteiger partial charge in [-0.25, -0.2) is 0 Å². The normalized spacial score (nSPS) is 18.1. The predicted molar refractivity (Wildman–Crippen MR) is 84.2 cm³/mol. The highest BCUT2D eigenvalue weighted by molar-refractivity contribution is 9.11. The number of rotatable bonds is 2. The third-order valence-corrected chi connectivity index (χ3v) is 5.34. The Morgan fingerprint density at radius 1 is 1.37 bits per heavy atom. The van der Waals surface area contributed by atoms with Gasteiger partial charge in [0.25, 0.3) is 0 Å². The molecule has 19 heavy (non-hydrogen) atoms. The quantitative estimate of drug-likeness (QED) is 0.754. The fourth-order valence-electron chi connectivity index (χ4n) is 2.62. The van der Waals surface area contributed by atoms with E-state index >= 15 is 0 Å². The molecule has 2 aromatic rings. The lowest BCUT2D eigenvalue weighted by Crippen LogP contribution is -2.15. The maximum atomic E-state index is 9.58. The molecule has 1 aliphatic rings. The van der Waals surface area contributed by atoms with Crippen LogP contribution in [0.25, 0.3) is 0 Å². The van der Waals surface area contributed by atoms with Gasteiger partial charge in [-0.2, -0.15) is 0 Å². The van der Waals surface area contributed by atoms with Crippen LogP contribution in [0.2, 0.25) is 0 Å². The van der Waals surface area contributed by atoms with Crippen LogP contribution in [0.1, 0.15) is 34.9 Å². The van der Waals surface area contributed by atoms with Crippen molar-refractivity contribution in [2.75, 3.05) is 5.32 Å². The van der Waals surface area contributed by atoms with Crippen molar-refractivity contribution in [2.45, 2.75) is 32.2 Å². The highest BCUT2D eigenvalue weighted by Gasteiger charge is 2.22. The number of fused-ring (bicyclic) bond motifs is 1. The molecule has 1 aromatic carbocycles. The molecule has 1 unspecified atom stereocenters. The van der Waals surface area contributed by atoms with Crippen LogP contribution in [0.4, 0.5) is 5.69 Å². The minimum Gasteiger partial charge on any atom is -0.508 e. The molecule has 0 saturated carbocycles. The van der Waals surface area contributed by atoms with Crippen LogP contribution in [0, 0.1) is 6.92 Å². The average molecular weight is 338 g/mol. The van der Waals surface area contributed by atoms with Crippen molar-refractivity contribution in [3.05, 3.63) is 44.1 Å². The molecule has 1 atom stereocenters. The third-order valence-electron chi connectivity index (χ3n) is 3.62. The number of thiophene rings is 1. The monoisotopic (exact) mass is 337 g/mol. The molecule has 0 spiro atoms. The zero-order valence-electron chi connectivity index (χ0n) is 10.7. The van der Waals surface area contributed by atoms with Gasteiger partial charge in [0.1, 0.15) is 5.75 Å². The first-order valence-corrected chi connectivity index (χ1v) is 8.08. The summed E-state index contributed by atoms with van der Waals surface area (Å²) in [5, 5.41) is 13.2. The minimum absolute atomic E-state index is 0.355. The van der Waals surface area contributed by atoms with E-state index in [-0.39, 0.29) is 0 Å². The number of hydrogen-bond donors (Lipinski definition) is 2. The van der Waals surface area contributed by atoms with Crippen LogP contribution < -0.4 is 5.32 Å². The summed E-state index contributed by atoms with van der Waals surface area (Å²) in [5.41, 5.74) is 3.41. The molecule has 4 heteroatoms. The highest BCUT2D eigenvalue weighted by Crippen LogP contribution is 2.39. The Kier molecular flexibility index (Phi) is 3.54. The van der Waals surface area contributed by atoms with Gasteiger partial charge in [-0.1, -0.05) is 0 Å². The van der Waals surface area contributed by atoms with Crippen LogP contribution in [0.15, 0.2) is 28.1 Å². The molecule has 0 radical (unpaired) electrons. The summed E-state index contributed by atoms with van der Waals surface area (Å²) in [6, 6.07) is 8.33. The molecule has 1 aromatic heterocycles. The number of aryl methyl sites for hydroxylation is 2. The summed E-state index contributed by atoms with van der Waals surface area (Å²) in [7, 11) is 0. The lowest BCUT2D eigenvalue weighted by Gasteiger charge is -2.25. The molecule has 0 bridgehead atoms. The van der Waals surface area contributed by atoms with Gasteiger partial charge in [0.2, 0.25) is 0 Å². The maximum absolute atomic E-state index is 9.58. The van der Waals surface area contributed by atoms with Crippen molar-refractivity contribution in [3.8, 4) is 5.75 Å². The summed E-state index contributed by atoms with van der Waals surface area (Å²) >= 11 is 5.43. The molecule has 3 rings (SSSR count). The van der Waals surface area contributed by atoms with E-state index in [1.165, 1.54) is 27.1 Å². The summed E-state index contributed by atoms with van der Waals surface area (Å²) in [4.78, 5) is 1.49. The summed E-state index contributed by atoms with van der Waals surface area (Å²) in [5.74, 6) is 0.355. The summed E-state index contributed by atoms with van der Waals surface area (Å²) in [6.45, 7) is 1.92. The summed E-state index contributed by atoms with van der Waals surface area (Å²) in [6.07, 6.45) is 3.59. The zero-order valence-corrected chi connectivity index (χ0v) is 13.1. The average Bonchev–Trinajstić information content (AvgIpc) is 2.75. The standard InChI is InChI=1S/C15H16BrNOS/c1-9-7-10(5-6-13(9)18)17-12-3-2-4-14-11(12)8-15(16)19-14/h5-8,12,17-18H,2-4H2,1H3. The Labute approximate surface area is 125 Å². The molecular formula is C15H16BrNOS. The van der Waals surface area contributed by atoms with Crippen LogP contribution in [-0.4, -0.2) is 5.11 Å². The number of aromatic hydroxyl groups is 1. The Morgan fingerprint density at radius 2 is 2.21 bits per heavy atom. The minimum atomic E-state index is 0.355. The number of hydrogen-bond acceptors (Lipinski definition) is 3. The van der Waals surface area contributed by atoms with Crippen molar-refractivity contribution in [1.82, 2.24) is 0 Å². The molecule has 0 amide bonds. The second-order valence-corrected chi connectivity index (χ2v) is 7.54. The van der Waals surface area contributed by atoms with Crippen LogP contribution in [-0.2, 0) is 6.42 Å². The van der Waals surface area contributed by atoms with Gasteiger partial charge in [-0.05, 0) is 77.5 Å². The van der Waals surface area contributed by atoms with E-state index in [4.69, 9.17) is 0 Å².